The summed E-state index contributed by atoms with van der Waals surface area (Å²) in [4.78, 5) is 0. The number of hydrogen-bond acceptors (Lipinski definition) is 5. The Hall–Kier alpha value is -0.000000000000000111. The van der Waals surface area contributed by atoms with Gasteiger partial charge in [-0.25, -0.2) is 0 Å². The van der Waals surface area contributed by atoms with E-state index in [1.165, 1.54) is 17.9 Å². The average Bonchev–Trinajstić information content (AvgIpc) is 2.72. The lowest BCUT2D eigenvalue weighted by molar-refractivity contribution is 0.631. The molecule has 1 fully saturated rings. The Kier molecular flexibility index (Phi) is 3.29. The molecule has 1 aromatic heterocycles. The molecule has 1 N–H and O–H groups in total. The molecule has 1 aliphatic heterocycles. The van der Waals surface area contributed by atoms with Crippen LogP contribution in [0.4, 0.5) is 5.82 Å². The third kappa shape index (κ3) is 2.48. The molecule has 13 heavy (non-hydrogen) atoms. The van der Waals surface area contributed by atoms with E-state index in [-0.39, 0.29) is 0 Å². The van der Waals surface area contributed by atoms with Crippen LogP contribution in [-0.2, 0) is 0 Å². The minimum atomic E-state index is 0.496. The molecular weight excluding hydrogens is 226 g/mol. The van der Waals surface area contributed by atoms with E-state index in [9.17, 15) is 0 Å². The van der Waals surface area contributed by atoms with Crippen LogP contribution in [0.2, 0.25) is 5.15 Å². The highest BCUT2D eigenvalue weighted by molar-refractivity contribution is 7.99. The van der Waals surface area contributed by atoms with E-state index in [4.69, 9.17) is 11.6 Å². The Balaban J connectivity index is 1.82. The van der Waals surface area contributed by atoms with Gasteiger partial charge in [0.25, 0.3) is 0 Å². The summed E-state index contributed by atoms with van der Waals surface area (Å²) >= 11 is 8.96. The van der Waals surface area contributed by atoms with E-state index in [1.807, 2.05) is 11.8 Å². The highest BCUT2D eigenvalue weighted by Gasteiger charge is 2.16. The monoisotopic (exact) mass is 235 g/mol. The normalized spacial score (nSPS) is 22.1. The molecule has 0 saturated carbocycles. The Morgan fingerprint density at radius 3 is 3.08 bits per heavy atom. The van der Waals surface area contributed by atoms with Crippen LogP contribution in [0.5, 0.6) is 0 Å². The maximum absolute atomic E-state index is 5.79. The van der Waals surface area contributed by atoms with Gasteiger partial charge in [0.15, 0.2) is 11.0 Å². The number of nitrogens with zero attached hydrogens (tertiary/aromatic N) is 2. The maximum atomic E-state index is 5.79. The smallest absolute Gasteiger partial charge is 0.186 e. The van der Waals surface area contributed by atoms with Gasteiger partial charge in [-0.15, -0.1) is 0 Å². The summed E-state index contributed by atoms with van der Waals surface area (Å²) in [5.41, 5.74) is 0. The van der Waals surface area contributed by atoms with Crippen LogP contribution in [0.15, 0.2) is 0 Å². The van der Waals surface area contributed by atoms with E-state index < -0.39 is 0 Å². The van der Waals surface area contributed by atoms with Gasteiger partial charge in [0.1, 0.15) is 0 Å². The molecule has 0 aromatic carbocycles. The minimum Gasteiger partial charge on any atom is -0.366 e. The van der Waals surface area contributed by atoms with Gasteiger partial charge in [-0.3, -0.25) is 0 Å². The first kappa shape index (κ1) is 9.55. The molecule has 0 bridgehead atoms. The van der Waals surface area contributed by atoms with Crippen LogP contribution >= 0.6 is 35.1 Å². The van der Waals surface area contributed by atoms with Crippen molar-refractivity contribution in [2.75, 3.05) is 23.4 Å². The molecule has 6 heteroatoms. The van der Waals surface area contributed by atoms with Crippen molar-refractivity contribution in [3.8, 4) is 0 Å². The summed E-state index contributed by atoms with van der Waals surface area (Å²) in [7, 11) is 0. The summed E-state index contributed by atoms with van der Waals surface area (Å²) in [5, 5.41) is 3.72. The molecule has 0 radical (unpaired) electrons. The zero-order valence-corrected chi connectivity index (χ0v) is 9.38. The molecule has 3 nitrogen and oxygen atoms in total. The Morgan fingerprint density at radius 1 is 1.54 bits per heavy atom. The van der Waals surface area contributed by atoms with Crippen LogP contribution in [0.1, 0.15) is 6.42 Å². The SMILES string of the molecule is Clc1nsnc1NCC1CCSC1. The number of thioether (sulfide) groups is 1. The van der Waals surface area contributed by atoms with Gasteiger partial charge >= 0.3 is 0 Å². The standard InChI is InChI=1S/C7H10ClN3S2/c8-6-7(11-13-10-6)9-3-5-1-2-12-4-5/h5H,1-4H2,(H,9,11). The molecule has 2 heterocycles. The van der Waals surface area contributed by atoms with Crippen molar-refractivity contribution >= 4 is 40.9 Å². The van der Waals surface area contributed by atoms with Gasteiger partial charge in [0, 0.05) is 6.54 Å². The lowest BCUT2D eigenvalue weighted by atomic mass is 10.1. The molecule has 1 aliphatic rings. The Bertz CT molecular complexity index is 272. The highest BCUT2D eigenvalue weighted by Crippen LogP contribution is 2.24. The maximum Gasteiger partial charge on any atom is 0.186 e. The average molecular weight is 236 g/mol. The molecular formula is C7H10ClN3S2. The summed E-state index contributed by atoms with van der Waals surface area (Å²) in [5.74, 6) is 4.05. The first-order valence-corrected chi connectivity index (χ1v) is 6.42. The zero-order chi connectivity index (χ0) is 9.10. The number of anilines is 1. The second kappa shape index (κ2) is 4.48. The molecule has 0 spiro atoms. The first-order valence-electron chi connectivity index (χ1n) is 4.16. The molecule has 1 atom stereocenters. The van der Waals surface area contributed by atoms with Crippen molar-refractivity contribution in [2.24, 2.45) is 5.92 Å². The second-order valence-corrected chi connectivity index (χ2v) is 5.05. The fourth-order valence-electron chi connectivity index (χ4n) is 1.27. The van der Waals surface area contributed by atoms with Gasteiger partial charge in [-0.2, -0.15) is 20.5 Å². The number of halogens is 1. The predicted molar refractivity (Wildman–Crippen MR) is 58.8 cm³/mol. The van der Waals surface area contributed by atoms with Crippen LogP contribution in [0.3, 0.4) is 0 Å². The van der Waals surface area contributed by atoms with Crippen LogP contribution in [0, 0.1) is 5.92 Å². The largest absolute Gasteiger partial charge is 0.366 e. The Labute approximate surface area is 90.6 Å². The molecule has 1 saturated heterocycles. The summed E-state index contributed by atoms with van der Waals surface area (Å²) < 4.78 is 7.95. The van der Waals surface area contributed by atoms with Gasteiger partial charge in [0.2, 0.25) is 0 Å². The Morgan fingerprint density at radius 2 is 2.46 bits per heavy atom. The van der Waals surface area contributed by atoms with Crippen molar-refractivity contribution in [1.29, 1.82) is 0 Å². The highest BCUT2D eigenvalue weighted by atomic mass is 35.5. The second-order valence-electron chi connectivity index (χ2n) is 3.01. The lowest BCUT2D eigenvalue weighted by Crippen LogP contribution is -2.13. The van der Waals surface area contributed by atoms with Gasteiger partial charge < -0.3 is 5.32 Å². The van der Waals surface area contributed by atoms with Crippen molar-refractivity contribution in [1.82, 2.24) is 8.75 Å². The van der Waals surface area contributed by atoms with E-state index in [0.29, 0.717) is 5.15 Å². The van der Waals surface area contributed by atoms with Crippen LogP contribution < -0.4 is 5.32 Å². The van der Waals surface area contributed by atoms with E-state index in [1.54, 1.807) is 0 Å². The summed E-state index contributed by atoms with van der Waals surface area (Å²) in [6, 6.07) is 0. The molecule has 0 amide bonds. The number of aromatic nitrogens is 2. The molecule has 72 valence electrons. The number of hydrogen-bond donors (Lipinski definition) is 1. The molecule has 0 aliphatic carbocycles. The number of rotatable bonds is 3. The topological polar surface area (TPSA) is 37.8 Å². The van der Waals surface area contributed by atoms with Crippen molar-refractivity contribution in [3.05, 3.63) is 5.15 Å². The van der Waals surface area contributed by atoms with Crippen LogP contribution in [0.25, 0.3) is 0 Å². The number of nitrogens with one attached hydrogen (secondary N) is 1. The third-order valence-corrected chi connectivity index (χ3v) is 4.15. The summed E-state index contributed by atoms with van der Waals surface area (Å²) in [6.45, 7) is 0.970. The first-order chi connectivity index (χ1) is 6.36. The fourth-order valence-corrected chi connectivity index (χ4v) is 3.24. The molecule has 1 aromatic rings. The van der Waals surface area contributed by atoms with Gasteiger partial charge in [0.05, 0.1) is 11.7 Å². The zero-order valence-electron chi connectivity index (χ0n) is 6.99. The van der Waals surface area contributed by atoms with Gasteiger partial charge in [-0.05, 0) is 23.8 Å². The van der Waals surface area contributed by atoms with E-state index >= 15 is 0 Å². The van der Waals surface area contributed by atoms with Crippen LogP contribution in [-0.4, -0.2) is 26.8 Å². The quantitative estimate of drug-likeness (QED) is 0.873. The fraction of sp³-hybridized carbons (Fsp3) is 0.714. The predicted octanol–water partition coefficient (Wildman–Crippen LogP) is 2.36. The lowest BCUT2D eigenvalue weighted by Gasteiger charge is -2.08. The van der Waals surface area contributed by atoms with E-state index in [2.05, 4.69) is 14.1 Å². The van der Waals surface area contributed by atoms with Gasteiger partial charge in [-0.1, -0.05) is 11.6 Å². The van der Waals surface area contributed by atoms with E-state index in [0.717, 1.165) is 30.0 Å². The van der Waals surface area contributed by atoms with Crippen molar-refractivity contribution in [2.45, 2.75) is 6.42 Å². The van der Waals surface area contributed by atoms with Crippen molar-refractivity contribution < 1.29 is 0 Å². The summed E-state index contributed by atoms with van der Waals surface area (Å²) in [6.07, 6.45) is 1.30. The molecule has 1 unspecified atom stereocenters. The third-order valence-electron chi connectivity index (χ3n) is 2.03. The minimum absolute atomic E-state index is 0.496. The molecule has 2 rings (SSSR count). The van der Waals surface area contributed by atoms with Crippen molar-refractivity contribution in [3.63, 3.8) is 0 Å².